The molecule has 0 unspecified atom stereocenters. The Morgan fingerprint density at radius 1 is 1.14 bits per heavy atom. The van der Waals surface area contributed by atoms with Gasteiger partial charge in [0.25, 0.3) is 0 Å². The highest BCUT2D eigenvalue weighted by Gasteiger charge is 2.55. The van der Waals surface area contributed by atoms with E-state index >= 15 is 0 Å². The van der Waals surface area contributed by atoms with Crippen LogP contribution in [0.5, 0.6) is 0 Å². The third-order valence-electron chi connectivity index (χ3n) is 5.91. The second-order valence-corrected chi connectivity index (χ2v) is 11.2. The summed E-state index contributed by atoms with van der Waals surface area (Å²) in [5, 5.41) is 5.91. The van der Waals surface area contributed by atoms with Gasteiger partial charge >= 0.3 is 12.1 Å². The van der Waals surface area contributed by atoms with Crippen molar-refractivity contribution in [1.29, 1.82) is 0 Å². The van der Waals surface area contributed by atoms with Crippen LogP contribution in [0.1, 0.15) is 66.9 Å². The molecule has 0 saturated carbocycles. The van der Waals surface area contributed by atoms with Crippen molar-refractivity contribution >= 4 is 17.8 Å². The van der Waals surface area contributed by atoms with Gasteiger partial charge in [-0.25, -0.2) is 9.59 Å². The molecule has 1 aromatic carbocycles. The summed E-state index contributed by atoms with van der Waals surface area (Å²) < 4.78 is 16.6. The van der Waals surface area contributed by atoms with Crippen molar-refractivity contribution < 1.29 is 28.6 Å². The number of hydrogen-bond donors (Lipinski definition) is 2. The van der Waals surface area contributed by atoms with E-state index in [0.717, 1.165) is 11.1 Å². The van der Waals surface area contributed by atoms with Crippen molar-refractivity contribution in [3.05, 3.63) is 59.3 Å². The van der Waals surface area contributed by atoms with Gasteiger partial charge in [-0.2, -0.15) is 0 Å². The summed E-state index contributed by atoms with van der Waals surface area (Å²) in [5.74, 6) is -1.14. The molecule has 1 aromatic rings. The number of carbonyl (C=O) groups excluding carboxylic acids is 3. The number of ketones is 1. The minimum absolute atomic E-state index is 0.0650. The van der Waals surface area contributed by atoms with Gasteiger partial charge < -0.3 is 24.8 Å². The predicted molar refractivity (Wildman–Crippen MR) is 143 cm³/mol. The van der Waals surface area contributed by atoms with Crippen molar-refractivity contribution in [2.75, 3.05) is 13.7 Å². The molecule has 8 nitrogen and oxygen atoms in total. The number of ether oxygens (including phenoxy) is 3. The van der Waals surface area contributed by atoms with Crippen molar-refractivity contribution in [2.24, 2.45) is 5.92 Å². The normalized spacial score (nSPS) is 18.9. The number of methoxy groups -OCH3 is 1. The topological polar surface area (TPSA) is 103 Å². The fraction of sp³-hybridized carbons (Fsp3) is 0.552. The van der Waals surface area contributed by atoms with E-state index in [-0.39, 0.29) is 30.3 Å². The zero-order chi connectivity index (χ0) is 27.9. The first-order valence-corrected chi connectivity index (χ1v) is 12.6. The molecule has 0 aromatic heterocycles. The van der Waals surface area contributed by atoms with E-state index in [2.05, 4.69) is 10.6 Å². The quantitative estimate of drug-likeness (QED) is 0.322. The number of esters is 1. The molecular weight excluding hydrogens is 472 g/mol. The lowest BCUT2D eigenvalue weighted by molar-refractivity contribution is -0.148. The summed E-state index contributed by atoms with van der Waals surface area (Å²) in [6, 6.07) is 9.68. The van der Waals surface area contributed by atoms with E-state index in [9.17, 15) is 14.4 Å². The molecule has 0 spiro atoms. The van der Waals surface area contributed by atoms with Gasteiger partial charge in [0.05, 0.1) is 25.9 Å². The summed E-state index contributed by atoms with van der Waals surface area (Å²) >= 11 is 0. The number of nitrogens with one attached hydrogen (secondary N) is 2. The first-order valence-electron chi connectivity index (χ1n) is 12.6. The molecule has 37 heavy (non-hydrogen) atoms. The van der Waals surface area contributed by atoms with Gasteiger partial charge in [0.15, 0.2) is 11.3 Å². The predicted octanol–water partition coefficient (Wildman–Crippen LogP) is 4.84. The minimum Gasteiger partial charge on any atom is -0.467 e. The van der Waals surface area contributed by atoms with Crippen LogP contribution in [0.3, 0.4) is 0 Å². The molecule has 2 N–H and O–H groups in total. The van der Waals surface area contributed by atoms with Crippen LogP contribution in [0.25, 0.3) is 0 Å². The van der Waals surface area contributed by atoms with Gasteiger partial charge in [-0.3, -0.25) is 4.79 Å². The molecule has 2 atom stereocenters. The summed E-state index contributed by atoms with van der Waals surface area (Å²) in [4.78, 5) is 40.4. The van der Waals surface area contributed by atoms with E-state index in [0.29, 0.717) is 13.0 Å². The minimum atomic E-state index is -1.73. The first-order chi connectivity index (χ1) is 17.2. The zero-order valence-corrected chi connectivity index (χ0v) is 23.4. The molecule has 0 radical (unpaired) electrons. The summed E-state index contributed by atoms with van der Waals surface area (Å²) in [5.41, 5.74) is -1.54. The highest BCUT2D eigenvalue weighted by molar-refractivity contribution is 6.12. The van der Waals surface area contributed by atoms with Gasteiger partial charge in [-0.15, -0.1) is 0 Å². The molecule has 2 rings (SSSR count). The summed E-state index contributed by atoms with van der Waals surface area (Å²) in [6.07, 6.45) is 3.14. The zero-order valence-electron chi connectivity index (χ0n) is 23.4. The SMILES string of the molecule is COC(=O)[C@](CC(C)C)(NC(=O)OC(C)(C)C)C1=CN[C@](CC=C(C)C)(COCc2ccccc2)C1=O. The second-order valence-electron chi connectivity index (χ2n) is 11.2. The number of hydrogen-bond acceptors (Lipinski definition) is 7. The highest BCUT2D eigenvalue weighted by Crippen LogP contribution is 2.36. The lowest BCUT2D eigenvalue weighted by atomic mass is 9.76. The van der Waals surface area contributed by atoms with E-state index < -0.39 is 28.7 Å². The second kappa shape index (κ2) is 12.4. The molecule has 0 aliphatic carbocycles. The maximum Gasteiger partial charge on any atom is 0.408 e. The van der Waals surface area contributed by atoms with Crippen molar-refractivity contribution in [3.8, 4) is 0 Å². The lowest BCUT2D eigenvalue weighted by Gasteiger charge is -2.36. The summed E-state index contributed by atoms with van der Waals surface area (Å²) in [7, 11) is 1.24. The molecule has 8 heteroatoms. The van der Waals surface area contributed by atoms with Gasteiger partial charge in [0.2, 0.25) is 0 Å². The van der Waals surface area contributed by atoms with Crippen LogP contribution in [0.4, 0.5) is 4.79 Å². The monoisotopic (exact) mass is 514 g/mol. The average molecular weight is 515 g/mol. The number of Topliss-reactive ketones (excluding diaryl/α,β-unsaturated/α-hetero) is 1. The Morgan fingerprint density at radius 2 is 1.78 bits per heavy atom. The van der Waals surface area contributed by atoms with E-state index in [4.69, 9.17) is 14.2 Å². The number of carbonyl (C=O) groups is 3. The Balaban J connectivity index is 2.45. The van der Waals surface area contributed by atoms with Crippen molar-refractivity contribution in [1.82, 2.24) is 10.6 Å². The molecule has 0 saturated heterocycles. The van der Waals surface area contributed by atoms with Crippen LogP contribution in [0, 0.1) is 5.92 Å². The van der Waals surface area contributed by atoms with Gasteiger partial charge in [-0.1, -0.05) is 55.8 Å². The van der Waals surface area contributed by atoms with Crippen LogP contribution in [0.15, 0.2) is 53.8 Å². The molecule has 204 valence electrons. The number of allylic oxidation sites excluding steroid dienone is 1. The fourth-order valence-electron chi connectivity index (χ4n) is 4.27. The molecule has 0 bridgehead atoms. The maximum atomic E-state index is 14.2. The number of rotatable bonds is 11. The third kappa shape index (κ3) is 7.92. The average Bonchev–Trinajstić information content (AvgIpc) is 3.12. The van der Waals surface area contributed by atoms with Crippen LogP contribution in [0.2, 0.25) is 0 Å². The Labute approximate surface area is 220 Å². The lowest BCUT2D eigenvalue weighted by Crippen LogP contribution is -2.60. The molecule has 1 amide bonds. The molecule has 1 aliphatic heterocycles. The number of amides is 1. The summed E-state index contributed by atoms with van der Waals surface area (Å²) in [6.45, 7) is 13.3. The van der Waals surface area contributed by atoms with Crippen LogP contribution >= 0.6 is 0 Å². The highest BCUT2D eigenvalue weighted by atomic mass is 16.6. The Bertz CT molecular complexity index is 1020. The maximum absolute atomic E-state index is 14.2. The van der Waals surface area contributed by atoms with Crippen LogP contribution < -0.4 is 10.6 Å². The third-order valence-corrected chi connectivity index (χ3v) is 5.91. The van der Waals surface area contributed by atoms with Crippen LogP contribution in [-0.2, 0) is 30.4 Å². The largest absolute Gasteiger partial charge is 0.467 e. The molecule has 0 fully saturated rings. The van der Waals surface area contributed by atoms with Crippen molar-refractivity contribution in [3.63, 3.8) is 0 Å². The Hall–Kier alpha value is -3.13. The van der Waals surface area contributed by atoms with Gasteiger partial charge in [0, 0.05) is 6.20 Å². The fourth-order valence-corrected chi connectivity index (χ4v) is 4.27. The smallest absolute Gasteiger partial charge is 0.408 e. The molecule has 1 heterocycles. The molecular formula is C29H42N2O6. The van der Waals surface area contributed by atoms with E-state index in [1.165, 1.54) is 13.3 Å². The first kappa shape index (κ1) is 30.1. The Morgan fingerprint density at radius 3 is 2.32 bits per heavy atom. The molecule has 1 aliphatic rings. The van der Waals surface area contributed by atoms with Gasteiger partial charge in [0.1, 0.15) is 11.1 Å². The Kier molecular flexibility index (Phi) is 10.1. The van der Waals surface area contributed by atoms with E-state index in [1.807, 2.05) is 64.1 Å². The number of alkyl carbamates (subject to hydrolysis) is 1. The number of benzene rings is 1. The van der Waals surface area contributed by atoms with Crippen LogP contribution in [-0.4, -0.2) is 48.2 Å². The van der Waals surface area contributed by atoms with Gasteiger partial charge in [-0.05, 0) is 58.9 Å². The van der Waals surface area contributed by atoms with Crippen molar-refractivity contribution in [2.45, 2.75) is 84.6 Å². The standard InChI is InChI=1S/C29H42N2O6/c1-20(2)14-15-28(19-36-18-22-12-10-9-11-13-22)24(32)23(17-30-28)29(16-21(3)4,25(33)35-8)31-26(34)37-27(5,6)7/h9-14,17,21,30H,15-16,18-19H2,1-8H3,(H,31,34)/t28-,29-/m1/s1. The van der Waals surface area contributed by atoms with E-state index in [1.54, 1.807) is 20.8 Å².